The van der Waals surface area contributed by atoms with Gasteiger partial charge in [-0.3, -0.25) is 4.79 Å². The van der Waals surface area contributed by atoms with Gasteiger partial charge in [-0.1, -0.05) is 50.1 Å². The summed E-state index contributed by atoms with van der Waals surface area (Å²) in [4.78, 5) is 13.0. The molecule has 3 heteroatoms. The third-order valence-corrected chi connectivity index (χ3v) is 3.94. The van der Waals surface area contributed by atoms with Crippen molar-refractivity contribution >= 4 is 17.2 Å². The predicted molar refractivity (Wildman–Crippen MR) is 81.6 cm³/mol. The highest BCUT2D eigenvalue weighted by Crippen LogP contribution is 2.27. The molecule has 0 saturated heterocycles. The second-order valence-electron chi connectivity index (χ2n) is 4.49. The zero-order valence-corrected chi connectivity index (χ0v) is 12.0. The minimum Gasteiger partial charge on any atom is -0.351 e. The second-order valence-corrected chi connectivity index (χ2v) is 5.41. The number of thiophene rings is 1. The van der Waals surface area contributed by atoms with Gasteiger partial charge in [0.05, 0.1) is 4.88 Å². The van der Waals surface area contributed by atoms with Gasteiger partial charge in [-0.05, 0) is 23.4 Å². The third-order valence-electron chi connectivity index (χ3n) is 3.02. The van der Waals surface area contributed by atoms with E-state index < -0.39 is 0 Å². The van der Waals surface area contributed by atoms with E-state index in [0.717, 1.165) is 35.4 Å². The van der Waals surface area contributed by atoms with Crippen LogP contribution in [-0.2, 0) is 0 Å². The van der Waals surface area contributed by atoms with Crippen molar-refractivity contribution < 1.29 is 4.79 Å². The van der Waals surface area contributed by atoms with Crippen molar-refractivity contribution in [3.63, 3.8) is 0 Å². The van der Waals surface area contributed by atoms with Gasteiger partial charge in [-0.25, -0.2) is 0 Å². The van der Waals surface area contributed by atoms with Crippen LogP contribution in [0.3, 0.4) is 0 Å². The molecule has 0 fully saturated rings. The molecule has 100 valence electrons. The first-order chi connectivity index (χ1) is 9.33. The minimum atomic E-state index is 0.0463. The van der Waals surface area contributed by atoms with Crippen LogP contribution in [0.1, 0.15) is 35.9 Å². The number of benzene rings is 1. The van der Waals surface area contributed by atoms with E-state index in [1.807, 2.05) is 41.8 Å². The van der Waals surface area contributed by atoms with Crippen LogP contribution in [0.25, 0.3) is 11.1 Å². The Morgan fingerprint density at radius 3 is 2.68 bits per heavy atom. The maximum atomic E-state index is 12.2. The van der Waals surface area contributed by atoms with Gasteiger partial charge in [0, 0.05) is 12.1 Å². The summed E-state index contributed by atoms with van der Waals surface area (Å²) in [6.45, 7) is 2.92. The van der Waals surface area contributed by atoms with Gasteiger partial charge in [0.1, 0.15) is 0 Å². The second kappa shape index (κ2) is 7.10. The topological polar surface area (TPSA) is 29.1 Å². The van der Waals surface area contributed by atoms with E-state index >= 15 is 0 Å². The fourth-order valence-corrected chi connectivity index (χ4v) is 2.82. The Bertz CT molecular complexity index is 519. The lowest BCUT2D eigenvalue weighted by Gasteiger charge is -2.06. The van der Waals surface area contributed by atoms with Gasteiger partial charge in [0.25, 0.3) is 5.91 Å². The van der Waals surface area contributed by atoms with Crippen molar-refractivity contribution in [1.82, 2.24) is 5.32 Å². The molecule has 1 aromatic carbocycles. The maximum absolute atomic E-state index is 12.2. The van der Waals surface area contributed by atoms with Crippen LogP contribution in [0.5, 0.6) is 0 Å². The summed E-state index contributed by atoms with van der Waals surface area (Å²) in [5.74, 6) is 0.0463. The molecule has 19 heavy (non-hydrogen) atoms. The SMILES string of the molecule is CCCCCNC(=O)c1sccc1-c1ccccc1. The number of unbranched alkanes of at least 4 members (excludes halogenated alkanes) is 2. The van der Waals surface area contributed by atoms with E-state index in [1.165, 1.54) is 17.8 Å². The molecule has 1 aromatic heterocycles. The Morgan fingerprint density at radius 1 is 1.16 bits per heavy atom. The Morgan fingerprint density at radius 2 is 1.95 bits per heavy atom. The molecule has 1 heterocycles. The smallest absolute Gasteiger partial charge is 0.261 e. The number of nitrogens with one attached hydrogen (secondary N) is 1. The zero-order chi connectivity index (χ0) is 13.5. The lowest BCUT2D eigenvalue weighted by atomic mass is 10.1. The van der Waals surface area contributed by atoms with Gasteiger partial charge < -0.3 is 5.32 Å². The van der Waals surface area contributed by atoms with Crippen LogP contribution in [0.4, 0.5) is 0 Å². The molecule has 0 radical (unpaired) electrons. The summed E-state index contributed by atoms with van der Waals surface area (Å²) in [5.41, 5.74) is 2.13. The standard InChI is InChI=1S/C16H19NOS/c1-2-3-7-11-17-16(18)15-14(10-12-19-15)13-8-5-4-6-9-13/h4-6,8-10,12H,2-3,7,11H2,1H3,(H,17,18). The number of amides is 1. The fraction of sp³-hybridized carbons (Fsp3) is 0.312. The Balaban J connectivity index is 2.05. The quantitative estimate of drug-likeness (QED) is 0.780. The van der Waals surface area contributed by atoms with E-state index in [0.29, 0.717) is 0 Å². The Labute approximate surface area is 118 Å². The summed E-state index contributed by atoms with van der Waals surface area (Å²) in [5, 5.41) is 4.98. The van der Waals surface area contributed by atoms with Crippen molar-refractivity contribution in [3.8, 4) is 11.1 Å². The monoisotopic (exact) mass is 273 g/mol. The summed E-state index contributed by atoms with van der Waals surface area (Å²) < 4.78 is 0. The van der Waals surface area contributed by atoms with Crippen LogP contribution in [-0.4, -0.2) is 12.5 Å². The lowest BCUT2D eigenvalue weighted by molar-refractivity contribution is 0.0957. The van der Waals surface area contributed by atoms with Crippen LogP contribution in [0.15, 0.2) is 41.8 Å². The molecule has 0 aliphatic rings. The van der Waals surface area contributed by atoms with Gasteiger partial charge in [-0.2, -0.15) is 0 Å². The van der Waals surface area contributed by atoms with E-state index in [1.54, 1.807) is 0 Å². The summed E-state index contributed by atoms with van der Waals surface area (Å²) in [6, 6.07) is 12.1. The van der Waals surface area contributed by atoms with Crippen LogP contribution < -0.4 is 5.32 Å². The van der Waals surface area contributed by atoms with E-state index in [9.17, 15) is 4.79 Å². The van der Waals surface area contributed by atoms with Crippen LogP contribution in [0.2, 0.25) is 0 Å². The summed E-state index contributed by atoms with van der Waals surface area (Å²) in [7, 11) is 0. The molecule has 2 nitrogen and oxygen atoms in total. The molecule has 0 spiro atoms. The van der Waals surface area contributed by atoms with Gasteiger partial charge in [-0.15, -0.1) is 11.3 Å². The van der Waals surface area contributed by atoms with Crippen molar-refractivity contribution in [2.24, 2.45) is 0 Å². The molecule has 2 aromatic rings. The number of hydrogen-bond donors (Lipinski definition) is 1. The number of rotatable bonds is 6. The van der Waals surface area contributed by atoms with Gasteiger partial charge in [0.15, 0.2) is 0 Å². The van der Waals surface area contributed by atoms with Gasteiger partial charge in [0.2, 0.25) is 0 Å². The van der Waals surface area contributed by atoms with Crippen molar-refractivity contribution in [3.05, 3.63) is 46.7 Å². The molecule has 0 bridgehead atoms. The third kappa shape index (κ3) is 3.67. The molecule has 0 aliphatic carbocycles. The largest absolute Gasteiger partial charge is 0.351 e. The van der Waals surface area contributed by atoms with Crippen LogP contribution >= 0.6 is 11.3 Å². The zero-order valence-electron chi connectivity index (χ0n) is 11.2. The molecule has 1 N–H and O–H groups in total. The Kier molecular flexibility index (Phi) is 5.16. The molecule has 0 saturated carbocycles. The van der Waals surface area contributed by atoms with Crippen molar-refractivity contribution in [2.45, 2.75) is 26.2 Å². The predicted octanol–water partition coefficient (Wildman–Crippen LogP) is 4.34. The highest BCUT2D eigenvalue weighted by molar-refractivity contribution is 7.12. The van der Waals surface area contributed by atoms with E-state index in [2.05, 4.69) is 12.2 Å². The molecule has 0 unspecified atom stereocenters. The van der Waals surface area contributed by atoms with Crippen molar-refractivity contribution in [2.75, 3.05) is 6.54 Å². The summed E-state index contributed by atoms with van der Waals surface area (Å²) >= 11 is 1.50. The Hall–Kier alpha value is -1.61. The minimum absolute atomic E-state index is 0.0463. The number of carbonyl (C=O) groups is 1. The van der Waals surface area contributed by atoms with Crippen LogP contribution in [0, 0.1) is 0 Å². The normalized spacial score (nSPS) is 10.4. The molecule has 0 atom stereocenters. The number of carbonyl (C=O) groups excluding carboxylic acids is 1. The molecule has 2 rings (SSSR count). The number of hydrogen-bond acceptors (Lipinski definition) is 2. The average Bonchev–Trinajstić information content (AvgIpc) is 2.94. The molecule has 1 amide bonds. The average molecular weight is 273 g/mol. The van der Waals surface area contributed by atoms with E-state index in [4.69, 9.17) is 0 Å². The first-order valence-electron chi connectivity index (χ1n) is 6.74. The fourth-order valence-electron chi connectivity index (χ4n) is 1.99. The molecular formula is C16H19NOS. The van der Waals surface area contributed by atoms with E-state index in [-0.39, 0.29) is 5.91 Å². The molecular weight excluding hydrogens is 254 g/mol. The first kappa shape index (κ1) is 13.8. The lowest BCUT2D eigenvalue weighted by Crippen LogP contribution is -2.23. The highest BCUT2D eigenvalue weighted by Gasteiger charge is 2.13. The van der Waals surface area contributed by atoms with Gasteiger partial charge >= 0.3 is 0 Å². The highest BCUT2D eigenvalue weighted by atomic mass is 32.1. The van der Waals surface area contributed by atoms with Crippen molar-refractivity contribution in [1.29, 1.82) is 0 Å². The first-order valence-corrected chi connectivity index (χ1v) is 7.62. The molecule has 0 aliphatic heterocycles. The maximum Gasteiger partial charge on any atom is 0.261 e. The summed E-state index contributed by atoms with van der Waals surface area (Å²) in [6.07, 6.45) is 3.38.